The smallest absolute Gasteiger partial charge is 0.254 e. The van der Waals surface area contributed by atoms with Crippen molar-refractivity contribution in [3.05, 3.63) is 47.5 Å². The first-order chi connectivity index (χ1) is 15.0. The molecule has 0 saturated carbocycles. The molecule has 2 aromatic carbocycles. The SMILES string of the molecule is COc1ccc(C(=O)CN2CCN(C(=O)c3cc(OC)c(OC)c(OC)c3)CC2)cc1. The number of hydrogen-bond acceptors (Lipinski definition) is 7. The molecule has 1 heterocycles. The van der Waals surface area contributed by atoms with E-state index in [0.29, 0.717) is 61.1 Å². The Hall–Kier alpha value is -3.26. The van der Waals surface area contributed by atoms with Crippen molar-refractivity contribution in [1.82, 2.24) is 9.80 Å². The Kier molecular flexibility index (Phi) is 7.36. The van der Waals surface area contributed by atoms with Gasteiger partial charge in [-0.3, -0.25) is 14.5 Å². The zero-order valence-electron chi connectivity index (χ0n) is 18.3. The molecule has 0 unspecified atom stereocenters. The highest BCUT2D eigenvalue weighted by molar-refractivity contribution is 5.98. The highest BCUT2D eigenvalue weighted by Crippen LogP contribution is 2.38. The fraction of sp³-hybridized carbons (Fsp3) is 0.391. The van der Waals surface area contributed by atoms with Gasteiger partial charge in [-0.15, -0.1) is 0 Å². The van der Waals surface area contributed by atoms with Crippen molar-refractivity contribution in [2.45, 2.75) is 0 Å². The van der Waals surface area contributed by atoms with Gasteiger partial charge in [0.25, 0.3) is 5.91 Å². The molecule has 0 aliphatic carbocycles. The average Bonchev–Trinajstić information content (AvgIpc) is 2.83. The van der Waals surface area contributed by atoms with Crippen LogP contribution in [0.3, 0.4) is 0 Å². The number of rotatable bonds is 8. The largest absolute Gasteiger partial charge is 0.497 e. The monoisotopic (exact) mass is 428 g/mol. The van der Waals surface area contributed by atoms with Gasteiger partial charge in [-0.2, -0.15) is 0 Å². The standard InChI is InChI=1S/C23H28N2O6/c1-28-18-7-5-16(6-8-18)19(26)15-24-9-11-25(12-10-24)23(27)17-13-20(29-2)22(31-4)21(14-17)30-3/h5-8,13-14H,9-12,15H2,1-4H3. The molecule has 8 heteroatoms. The van der Waals surface area contributed by atoms with Gasteiger partial charge in [0.2, 0.25) is 5.75 Å². The van der Waals surface area contributed by atoms with Crippen molar-refractivity contribution in [2.75, 3.05) is 61.2 Å². The molecule has 166 valence electrons. The Morgan fingerprint density at radius 3 is 1.84 bits per heavy atom. The van der Waals surface area contributed by atoms with Gasteiger partial charge in [0.15, 0.2) is 17.3 Å². The predicted molar refractivity (Wildman–Crippen MR) is 116 cm³/mol. The fourth-order valence-corrected chi connectivity index (χ4v) is 3.57. The van der Waals surface area contributed by atoms with Gasteiger partial charge in [0.05, 0.1) is 35.0 Å². The minimum atomic E-state index is -0.111. The minimum Gasteiger partial charge on any atom is -0.497 e. The molecule has 0 N–H and O–H groups in total. The molecule has 1 saturated heterocycles. The molecular weight excluding hydrogens is 400 g/mol. The van der Waals surface area contributed by atoms with E-state index in [1.165, 1.54) is 21.3 Å². The zero-order chi connectivity index (χ0) is 22.4. The highest BCUT2D eigenvalue weighted by Gasteiger charge is 2.25. The molecule has 0 atom stereocenters. The van der Waals surface area contributed by atoms with Crippen molar-refractivity contribution in [3.8, 4) is 23.0 Å². The van der Waals surface area contributed by atoms with Gasteiger partial charge in [-0.05, 0) is 36.4 Å². The summed E-state index contributed by atoms with van der Waals surface area (Å²) in [5.74, 6) is 1.98. The second-order valence-corrected chi connectivity index (χ2v) is 7.13. The first kappa shape index (κ1) is 22.4. The molecule has 0 radical (unpaired) electrons. The second-order valence-electron chi connectivity index (χ2n) is 7.13. The van der Waals surface area contributed by atoms with E-state index in [2.05, 4.69) is 4.90 Å². The summed E-state index contributed by atoms with van der Waals surface area (Å²) in [5, 5.41) is 0. The van der Waals surface area contributed by atoms with E-state index >= 15 is 0 Å². The topological polar surface area (TPSA) is 77.5 Å². The third-order valence-corrected chi connectivity index (χ3v) is 5.35. The third-order valence-electron chi connectivity index (χ3n) is 5.35. The molecule has 1 aliphatic rings. The van der Waals surface area contributed by atoms with E-state index in [1.54, 1.807) is 48.4 Å². The maximum atomic E-state index is 13.0. The molecule has 2 aromatic rings. The first-order valence-corrected chi connectivity index (χ1v) is 9.99. The van der Waals surface area contributed by atoms with Crippen molar-refractivity contribution in [2.24, 2.45) is 0 Å². The second kappa shape index (κ2) is 10.2. The Morgan fingerprint density at radius 2 is 1.35 bits per heavy atom. The number of carbonyl (C=O) groups is 2. The van der Waals surface area contributed by atoms with E-state index < -0.39 is 0 Å². The third kappa shape index (κ3) is 5.08. The van der Waals surface area contributed by atoms with Crippen LogP contribution < -0.4 is 18.9 Å². The maximum Gasteiger partial charge on any atom is 0.254 e. The molecule has 0 spiro atoms. The number of ketones is 1. The zero-order valence-corrected chi connectivity index (χ0v) is 18.3. The summed E-state index contributed by atoms with van der Waals surface area (Å²) < 4.78 is 21.1. The normalized spacial score (nSPS) is 14.1. The summed E-state index contributed by atoms with van der Waals surface area (Å²) in [4.78, 5) is 29.4. The van der Waals surface area contributed by atoms with Gasteiger partial charge < -0.3 is 23.8 Å². The van der Waals surface area contributed by atoms with Crippen LogP contribution in [-0.2, 0) is 0 Å². The number of piperazine rings is 1. The molecule has 1 amide bonds. The van der Waals surface area contributed by atoms with Crippen molar-refractivity contribution in [1.29, 1.82) is 0 Å². The van der Waals surface area contributed by atoms with Gasteiger partial charge in [-0.1, -0.05) is 0 Å². The van der Waals surface area contributed by atoms with E-state index in [-0.39, 0.29) is 11.7 Å². The molecule has 0 bridgehead atoms. The summed E-state index contributed by atoms with van der Waals surface area (Å²) in [5.41, 5.74) is 1.12. The minimum absolute atomic E-state index is 0.0482. The summed E-state index contributed by atoms with van der Waals surface area (Å²) in [6.45, 7) is 2.63. The van der Waals surface area contributed by atoms with Crippen LogP contribution in [0.1, 0.15) is 20.7 Å². The van der Waals surface area contributed by atoms with Gasteiger partial charge >= 0.3 is 0 Å². The highest BCUT2D eigenvalue weighted by atomic mass is 16.5. The molecule has 8 nitrogen and oxygen atoms in total. The van der Waals surface area contributed by atoms with E-state index in [9.17, 15) is 9.59 Å². The van der Waals surface area contributed by atoms with Crippen LogP contribution in [-0.4, -0.2) is 82.7 Å². The lowest BCUT2D eigenvalue weighted by molar-refractivity contribution is 0.0623. The van der Waals surface area contributed by atoms with Crippen molar-refractivity contribution >= 4 is 11.7 Å². The summed E-state index contributed by atoms with van der Waals surface area (Å²) in [6.07, 6.45) is 0. The number of hydrogen-bond donors (Lipinski definition) is 0. The lowest BCUT2D eigenvalue weighted by Crippen LogP contribution is -2.49. The number of nitrogens with zero attached hydrogens (tertiary/aromatic N) is 2. The fourth-order valence-electron chi connectivity index (χ4n) is 3.57. The number of Topliss-reactive ketones (excluding diaryl/α,β-unsaturated/α-hetero) is 1. The van der Waals surface area contributed by atoms with Gasteiger partial charge in [-0.25, -0.2) is 0 Å². The molecule has 0 aromatic heterocycles. The predicted octanol–water partition coefficient (Wildman–Crippen LogP) is 2.36. The van der Waals surface area contributed by atoms with Crippen LogP contribution in [0.4, 0.5) is 0 Å². The van der Waals surface area contributed by atoms with Gasteiger partial charge in [0, 0.05) is 37.3 Å². The summed E-state index contributed by atoms with van der Waals surface area (Å²) >= 11 is 0. The Morgan fingerprint density at radius 1 is 0.774 bits per heavy atom. The first-order valence-electron chi connectivity index (χ1n) is 9.99. The molecule has 3 rings (SSSR count). The average molecular weight is 428 g/mol. The summed E-state index contributed by atoms with van der Waals surface area (Å²) in [7, 11) is 6.15. The van der Waals surface area contributed by atoms with Gasteiger partial charge in [0.1, 0.15) is 5.75 Å². The number of benzene rings is 2. The number of carbonyl (C=O) groups excluding carboxylic acids is 2. The van der Waals surface area contributed by atoms with Crippen LogP contribution in [0.15, 0.2) is 36.4 Å². The number of amides is 1. The Labute approximate surface area is 182 Å². The molecular formula is C23H28N2O6. The van der Waals surface area contributed by atoms with Crippen molar-refractivity contribution < 1.29 is 28.5 Å². The molecule has 1 aliphatic heterocycles. The Bertz CT molecular complexity index is 895. The number of methoxy groups -OCH3 is 4. The maximum absolute atomic E-state index is 13.0. The molecule has 1 fully saturated rings. The lowest BCUT2D eigenvalue weighted by atomic mass is 10.1. The van der Waals surface area contributed by atoms with Crippen molar-refractivity contribution in [3.63, 3.8) is 0 Å². The van der Waals surface area contributed by atoms with Crippen LogP contribution in [0.2, 0.25) is 0 Å². The van der Waals surface area contributed by atoms with E-state index in [4.69, 9.17) is 18.9 Å². The summed E-state index contributed by atoms with van der Waals surface area (Å²) in [6, 6.07) is 10.4. The number of ether oxygens (including phenoxy) is 4. The quantitative estimate of drug-likeness (QED) is 0.598. The molecule has 31 heavy (non-hydrogen) atoms. The Balaban J connectivity index is 1.61. The van der Waals surface area contributed by atoms with E-state index in [0.717, 1.165) is 5.75 Å². The van der Waals surface area contributed by atoms with Crippen LogP contribution >= 0.6 is 0 Å². The van der Waals surface area contributed by atoms with Crippen LogP contribution in [0.5, 0.6) is 23.0 Å². The van der Waals surface area contributed by atoms with Crippen LogP contribution in [0, 0.1) is 0 Å². The lowest BCUT2D eigenvalue weighted by Gasteiger charge is -2.34. The van der Waals surface area contributed by atoms with E-state index in [1.807, 2.05) is 0 Å². The van der Waals surface area contributed by atoms with Crippen LogP contribution in [0.25, 0.3) is 0 Å².